The molecule has 0 aliphatic heterocycles. The summed E-state index contributed by atoms with van der Waals surface area (Å²) in [7, 11) is 0. The van der Waals surface area contributed by atoms with Crippen LogP contribution in [0.2, 0.25) is 0 Å². The van der Waals surface area contributed by atoms with Gasteiger partial charge in [-0.25, -0.2) is 4.98 Å². The van der Waals surface area contributed by atoms with Crippen LogP contribution < -0.4 is 4.90 Å². The van der Waals surface area contributed by atoms with Gasteiger partial charge in [0.2, 0.25) is 5.91 Å². The number of carbonyl (C=O) groups is 1. The Labute approximate surface area is 200 Å². The van der Waals surface area contributed by atoms with E-state index in [2.05, 4.69) is 75.9 Å². The second-order valence-electron chi connectivity index (χ2n) is 7.60. The minimum Gasteiger partial charge on any atom is -0.302 e. The molecular weight excluding hydrogens is 446 g/mol. The molecule has 2 aromatic carbocycles. The Morgan fingerprint density at radius 2 is 1.68 bits per heavy atom. The number of likely N-dealkylation sites (N-methyl/N-ethyl adjacent to an activating group) is 1. The highest BCUT2D eigenvalue weighted by atomic mass is 35.5. The first-order valence-corrected chi connectivity index (χ1v) is 12.3. The SMILES string of the molecule is CCN(CC)CCN(C(=O)CSc1ccc(C)cc1)c1nc2cc(C)cc(C)c2s1.Cl. The van der Waals surface area contributed by atoms with Gasteiger partial charge in [0.15, 0.2) is 5.13 Å². The highest BCUT2D eigenvalue weighted by Crippen LogP contribution is 2.32. The van der Waals surface area contributed by atoms with Crippen LogP contribution in [0, 0.1) is 20.8 Å². The highest BCUT2D eigenvalue weighted by Gasteiger charge is 2.21. The minimum atomic E-state index is 0. The summed E-state index contributed by atoms with van der Waals surface area (Å²) in [4.78, 5) is 23.5. The third-order valence-electron chi connectivity index (χ3n) is 5.26. The van der Waals surface area contributed by atoms with Gasteiger partial charge in [0.05, 0.1) is 16.0 Å². The molecule has 3 aromatic rings. The van der Waals surface area contributed by atoms with Crippen molar-refractivity contribution < 1.29 is 4.79 Å². The smallest absolute Gasteiger partial charge is 0.239 e. The zero-order valence-electron chi connectivity index (χ0n) is 19.0. The molecule has 0 radical (unpaired) electrons. The summed E-state index contributed by atoms with van der Waals surface area (Å²) in [6.45, 7) is 14.1. The van der Waals surface area contributed by atoms with Crippen LogP contribution in [0.25, 0.3) is 10.2 Å². The van der Waals surface area contributed by atoms with Gasteiger partial charge in [-0.3, -0.25) is 9.69 Å². The van der Waals surface area contributed by atoms with Crippen molar-refractivity contribution in [3.05, 3.63) is 53.1 Å². The Kier molecular flexibility index (Phi) is 9.82. The fraction of sp³-hybridized carbons (Fsp3) is 0.417. The second kappa shape index (κ2) is 11.9. The number of hydrogen-bond acceptors (Lipinski definition) is 5. The number of thioether (sulfide) groups is 1. The molecule has 0 spiro atoms. The zero-order chi connectivity index (χ0) is 21.7. The maximum Gasteiger partial charge on any atom is 0.239 e. The molecule has 0 atom stereocenters. The standard InChI is InChI=1S/C24H31N3OS2.ClH/c1-6-26(7-2)12-13-27(22(28)16-29-20-10-8-17(3)9-11-20)24-25-21-15-18(4)14-19(5)23(21)30-24;/h8-11,14-15H,6-7,12-13,16H2,1-5H3;1H. The van der Waals surface area contributed by atoms with Gasteiger partial charge in [0.1, 0.15) is 0 Å². The van der Waals surface area contributed by atoms with Crippen molar-refractivity contribution >= 4 is 56.8 Å². The van der Waals surface area contributed by atoms with Crippen molar-refractivity contribution in [2.24, 2.45) is 0 Å². The van der Waals surface area contributed by atoms with Gasteiger partial charge in [-0.2, -0.15) is 0 Å². The number of carbonyl (C=O) groups excluding carboxylic acids is 1. The van der Waals surface area contributed by atoms with E-state index in [0.717, 1.165) is 35.2 Å². The number of rotatable bonds is 9. The first-order valence-electron chi connectivity index (χ1n) is 10.5. The number of fused-ring (bicyclic) bond motifs is 1. The fourth-order valence-electron chi connectivity index (χ4n) is 3.45. The highest BCUT2D eigenvalue weighted by molar-refractivity contribution is 8.00. The van der Waals surface area contributed by atoms with E-state index < -0.39 is 0 Å². The van der Waals surface area contributed by atoms with E-state index in [-0.39, 0.29) is 18.3 Å². The molecule has 0 aliphatic rings. The van der Waals surface area contributed by atoms with Gasteiger partial charge in [0, 0.05) is 18.0 Å². The third kappa shape index (κ3) is 6.69. The molecule has 0 N–H and O–H groups in total. The average molecular weight is 478 g/mol. The molecule has 7 heteroatoms. The molecule has 1 heterocycles. The number of halogens is 1. The second-order valence-corrected chi connectivity index (χ2v) is 9.63. The number of hydrogen-bond donors (Lipinski definition) is 0. The normalized spacial score (nSPS) is 11.0. The van der Waals surface area contributed by atoms with Crippen LogP contribution in [0.5, 0.6) is 0 Å². The van der Waals surface area contributed by atoms with Crippen LogP contribution in [0.4, 0.5) is 5.13 Å². The summed E-state index contributed by atoms with van der Waals surface area (Å²) in [5.74, 6) is 0.524. The van der Waals surface area contributed by atoms with Crippen LogP contribution in [0.15, 0.2) is 41.3 Å². The Hall–Kier alpha value is -1.60. The van der Waals surface area contributed by atoms with Gasteiger partial charge in [-0.15, -0.1) is 24.2 Å². The van der Waals surface area contributed by atoms with Gasteiger partial charge >= 0.3 is 0 Å². The molecule has 0 unspecified atom stereocenters. The number of benzene rings is 2. The van der Waals surface area contributed by atoms with E-state index in [9.17, 15) is 4.79 Å². The molecule has 0 fully saturated rings. The Bertz CT molecular complexity index is 1000. The van der Waals surface area contributed by atoms with Crippen molar-refractivity contribution in [2.45, 2.75) is 39.5 Å². The van der Waals surface area contributed by atoms with E-state index in [1.54, 1.807) is 23.1 Å². The Morgan fingerprint density at radius 3 is 2.32 bits per heavy atom. The maximum absolute atomic E-state index is 13.3. The van der Waals surface area contributed by atoms with Gasteiger partial charge in [0.25, 0.3) is 0 Å². The summed E-state index contributed by atoms with van der Waals surface area (Å²) in [6, 6.07) is 12.6. The Morgan fingerprint density at radius 1 is 1.00 bits per heavy atom. The van der Waals surface area contributed by atoms with Crippen molar-refractivity contribution in [3.8, 4) is 0 Å². The lowest BCUT2D eigenvalue weighted by atomic mass is 10.1. The lowest BCUT2D eigenvalue weighted by Gasteiger charge is -2.24. The van der Waals surface area contributed by atoms with E-state index >= 15 is 0 Å². The molecular formula is C24H32ClN3OS2. The Balaban J connectivity index is 0.00000341. The molecule has 0 saturated carbocycles. The molecule has 0 saturated heterocycles. The number of nitrogens with zero attached hydrogens (tertiary/aromatic N) is 3. The number of aromatic nitrogens is 1. The largest absolute Gasteiger partial charge is 0.302 e. The zero-order valence-corrected chi connectivity index (χ0v) is 21.4. The number of aryl methyl sites for hydroxylation is 3. The van der Waals surface area contributed by atoms with Crippen molar-refractivity contribution in [1.82, 2.24) is 9.88 Å². The lowest BCUT2D eigenvalue weighted by Crippen LogP contribution is -2.39. The molecule has 31 heavy (non-hydrogen) atoms. The van der Waals surface area contributed by atoms with Crippen LogP contribution in [-0.2, 0) is 4.79 Å². The van der Waals surface area contributed by atoms with Gasteiger partial charge < -0.3 is 4.90 Å². The van der Waals surface area contributed by atoms with Crippen molar-refractivity contribution in [2.75, 3.05) is 36.8 Å². The molecule has 0 aliphatic carbocycles. The van der Waals surface area contributed by atoms with E-state index in [4.69, 9.17) is 4.98 Å². The average Bonchev–Trinajstić information content (AvgIpc) is 3.14. The van der Waals surface area contributed by atoms with Crippen molar-refractivity contribution in [3.63, 3.8) is 0 Å². The fourth-order valence-corrected chi connectivity index (χ4v) is 5.28. The monoisotopic (exact) mass is 477 g/mol. The summed E-state index contributed by atoms with van der Waals surface area (Å²) in [5, 5.41) is 0.806. The molecule has 168 valence electrons. The summed E-state index contributed by atoms with van der Waals surface area (Å²) >= 11 is 3.22. The number of thiazole rings is 1. The van der Waals surface area contributed by atoms with E-state index in [0.29, 0.717) is 12.3 Å². The number of anilines is 1. The molecule has 4 nitrogen and oxygen atoms in total. The first kappa shape index (κ1) is 25.7. The summed E-state index contributed by atoms with van der Waals surface area (Å²) in [6.07, 6.45) is 0. The van der Waals surface area contributed by atoms with E-state index in [1.165, 1.54) is 21.4 Å². The van der Waals surface area contributed by atoms with Crippen LogP contribution in [0.1, 0.15) is 30.5 Å². The van der Waals surface area contributed by atoms with Crippen LogP contribution in [-0.4, -0.2) is 47.7 Å². The molecule has 0 bridgehead atoms. The predicted molar refractivity (Wildman–Crippen MR) is 138 cm³/mol. The molecule has 1 aromatic heterocycles. The molecule has 3 rings (SSSR count). The summed E-state index contributed by atoms with van der Waals surface area (Å²) < 4.78 is 1.17. The minimum absolute atomic E-state index is 0. The quantitative estimate of drug-likeness (QED) is 0.348. The van der Waals surface area contributed by atoms with E-state index in [1.807, 2.05) is 4.90 Å². The third-order valence-corrected chi connectivity index (χ3v) is 7.48. The van der Waals surface area contributed by atoms with Crippen LogP contribution in [0.3, 0.4) is 0 Å². The maximum atomic E-state index is 13.3. The first-order chi connectivity index (χ1) is 14.4. The van der Waals surface area contributed by atoms with Crippen molar-refractivity contribution in [1.29, 1.82) is 0 Å². The van der Waals surface area contributed by atoms with Crippen LogP contribution >= 0.6 is 35.5 Å². The molecule has 1 amide bonds. The lowest BCUT2D eigenvalue weighted by molar-refractivity contribution is -0.116. The topological polar surface area (TPSA) is 36.4 Å². The van der Waals surface area contributed by atoms with Gasteiger partial charge in [-0.1, -0.05) is 48.9 Å². The number of amides is 1. The summed E-state index contributed by atoms with van der Waals surface area (Å²) in [5.41, 5.74) is 4.64. The van der Waals surface area contributed by atoms with Gasteiger partial charge in [-0.05, 0) is 63.2 Å². The predicted octanol–water partition coefficient (Wildman–Crippen LogP) is 6.11.